The Morgan fingerprint density at radius 2 is 2.00 bits per heavy atom. The van der Waals surface area contributed by atoms with Crippen LogP contribution in [0, 0.1) is 0 Å². The van der Waals surface area contributed by atoms with E-state index in [9.17, 15) is 4.79 Å². The number of thiophene rings is 1. The van der Waals surface area contributed by atoms with Crippen molar-refractivity contribution < 1.29 is 4.79 Å². The molecule has 0 aromatic carbocycles. The lowest BCUT2D eigenvalue weighted by Gasteiger charge is -2.14. The molecule has 7 heteroatoms. The minimum atomic E-state index is 0.108. The third-order valence-electron chi connectivity index (χ3n) is 4.93. The fourth-order valence-electron chi connectivity index (χ4n) is 3.50. The van der Waals surface area contributed by atoms with Crippen molar-refractivity contribution in [1.29, 1.82) is 0 Å². The predicted molar refractivity (Wildman–Crippen MR) is 104 cm³/mol. The van der Waals surface area contributed by atoms with Crippen LogP contribution in [-0.2, 0) is 0 Å². The van der Waals surface area contributed by atoms with Crippen LogP contribution in [0.15, 0.2) is 60.4 Å². The van der Waals surface area contributed by atoms with E-state index in [2.05, 4.69) is 4.98 Å². The Kier molecular flexibility index (Phi) is 3.94. The van der Waals surface area contributed by atoms with Crippen LogP contribution in [0.2, 0.25) is 0 Å². The first-order valence-electron chi connectivity index (χ1n) is 8.87. The zero-order valence-corrected chi connectivity index (χ0v) is 15.3. The average Bonchev–Trinajstić information content (AvgIpc) is 3.47. The van der Waals surface area contributed by atoms with E-state index in [1.54, 1.807) is 12.4 Å². The number of fused-ring (bicyclic) bond motifs is 1. The summed E-state index contributed by atoms with van der Waals surface area (Å²) in [6, 6.07) is 11.8. The van der Waals surface area contributed by atoms with Crippen LogP contribution in [-0.4, -0.2) is 43.5 Å². The van der Waals surface area contributed by atoms with Gasteiger partial charge in [-0.1, -0.05) is 6.07 Å². The number of rotatable bonds is 3. The Morgan fingerprint density at radius 1 is 1.11 bits per heavy atom. The lowest BCUT2D eigenvalue weighted by molar-refractivity contribution is 0.0795. The maximum atomic E-state index is 12.5. The van der Waals surface area contributed by atoms with Crippen molar-refractivity contribution in [2.45, 2.75) is 12.3 Å². The van der Waals surface area contributed by atoms with Crippen LogP contribution < -0.4 is 0 Å². The van der Waals surface area contributed by atoms with Crippen molar-refractivity contribution >= 4 is 22.9 Å². The number of nitrogens with zero attached hydrogens (tertiary/aromatic N) is 5. The summed E-state index contributed by atoms with van der Waals surface area (Å²) in [6.07, 6.45) is 6.45. The number of likely N-dealkylation sites (tertiary alicyclic amines) is 1. The second-order valence-corrected chi connectivity index (χ2v) is 7.59. The number of aromatic nitrogens is 4. The van der Waals surface area contributed by atoms with Gasteiger partial charge in [0.05, 0.1) is 4.88 Å². The molecule has 27 heavy (non-hydrogen) atoms. The Bertz CT molecular complexity index is 1090. The molecule has 6 nitrogen and oxygen atoms in total. The molecule has 0 spiro atoms. The van der Waals surface area contributed by atoms with Gasteiger partial charge in [-0.3, -0.25) is 9.78 Å². The van der Waals surface area contributed by atoms with Crippen molar-refractivity contribution in [3.63, 3.8) is 0 Å². The van der Waals surface area contributed by atoms with E-state index in [1.165, 1.54) is 11.3 Å². The molecule has 1 aliphatic heterocycles. The van der Waals surface area contributed by atoms with E-state index in [-0.39, 0.29) is 11.8 Å². The highest BCUT2D eigenvalue weighted by atomic mass is 32.1. The fraction of sp³-hybridized carbons (Fsp3) is 0.200. The van der Waals surface area contributed by atoms with Gasteiger partial charge in [0.1, 0.15) is 0 Å². The van der Waals surface area contributed by atoms with Gasteiger partial charge in [0, 0.05) is 43.2 Å². The summed E-state index contributed by atoms with van der Waals surface area (Å²) in [4.78, 5) is 24.0. The van der Waals surface area contributed by atoms with Crippen LogP contribution in [0.1, 0.15) is 27.8 Å². The third-order valence-corrected chi connectivity index (χ3v) is 5.79. The minimum absolute atomic E-state index is 0.108. The monoisotopic (exact) mass is 375 g/mol. The Labute approximate surface area is 160 Å². The van der Waals surface area contributed by atoms with E-state index in [4.69, 9.17) is 10.1 Å². The van der Waals surface area contributed by atoms with E-state index < -0.39 is 0 Å². The molecular weight excluding hydrogens is 358 g/mol. The van der Waals surface area contributed by atoms with E-state index in [1.807, 2.05) is 57.4 Å². The molecule has 0 bridgehead atoms. The molecular formula is C20H17N5OS. The summed E-state index contributed by atoms with van der Waals surface area (Å²) in [6.45, 7) is 1.42. The number of pyridine rings is 2. The lowest BCUT2D eigenvalue weighted by atomic mass is 10.1. The third kappa shape index (κ3) is 3.00. The Morgan fingerprint density at radius 3 is 2.81 bits per heavy atom. The highest BCUT2D eigenvalue weighted by Gasteiger charge is 2.30. The highest BCUT2D eigenvalue weighted by Crippen LogP contribution is 2.28. The quantitative estimate of drug-likeness (QED) is 0.550. The molecule has 1 fully saturated rings. The topological polar surface area (TPSA) is 63.4 Å². The fourth-order valence-corrected chi connectivity index (χ4v) is 4.19. The number of hydrogen-bond acceptors (Lipinski definition) is 5. The van der Waals surface area contributed by atoms with Gasteiger partial charge in [-0.15, -0.1) is 11.3 Å². The second kappa shape index (κ2) is 6.59. The van der Waals surface area contributed by atoms with E-state index in [0.717, 1.165) is 40.4 Å². The molecule has 4 aromatic heterocycles. The summed E-state index contributed by atoms with van der Waals surface area (Å²) in [5, 5.41) is 6.63. The molecule has 4 aromatic rings. The first kappa shape index (κ1) is 16.1. The lowest BCUT2D eigenvalue weighted by Crippen LogP contribution is -2.27. The molecule has 0 saturated carbocycles. The number of carbonyl (C=O) groups is 1. The van der Waals surface area contributed by atoms with Gasteiger partial charge in [-0.05, 0) is 47.7 Å². The van der Waals surface area contributed by atoms with Crippen LogP contribution in [0.3, 0.4) is 0 Å². The summed E-state index contributed by atoms with van der Waals surface area (Å²) in [5.74, 6) is 1.10. The molecule has 1 amide bonds. The Balaban J connectivity index is 1.39. The van der Waals surface area contributed by atoms with Gasteiger partial charge in [-0.25, -0.2) is 9.50 Å². The van der Waals surface area contributed by atoms with Crippen molar-refractivity contribution in [3.05, 3.63) is 71.1 Å². The van der Waals surface area contributed by atoms with E-state index in [0.29, 0.717) is 6.54 Å². The van der Waals surface area contributed by atoms with Gasteiger partial charge in [0.2, 0.25) is 0 Å². The highest BCUT2D eigenvalue weighted by molar-refractivity contribution is 7.12. The number of carbonyl (C=O) groups excluding carboxylic acids is 1. The largest absolute Gasteiger partial charge is 0.337 e. The van der Waals surface area contributed by atoms with Crippen LogP contribution in [0.4, 0.5) is 0 Å². The zero-order valence-electron chi connectivity index (χ0n) is 14.5. The molecule has 5 rings (SSSR count). The smallest absolute Gasteiger partial charge is 0.263 e. The zero-order chi connectivity index (χ0) is 18.2. The van der Waals surface area contributed by atoms with Gasteiger partial charge in [0.25, 0.3) is 5.91 Å². The molecule has 1 atom stereocenters. The molecule has 1 aliphatic rings. The number of amides is 1. The molecule has 1 saturated heterocycles. The molecule has 0 unspecified atom stereocenters. The average molecular weight is 375 g/mol. The summed E-state index contributed by atoms with van der Waals surface area (Å²) < 4.78 is 1.83. The Hall–Kier alpha value is -3.06. The molecule has 5 heterocycles. The van der Waals surface area contributed by atoms with Gasteiger partial charge >= 0.3 is 0 Å². The minimum Gasteiger partial charge on any atom is -0.337 e. The molecule has 0 N–H and O–H groups in total. The van der Waals surface area contributed by atoms with Crippen LogP contribution in [0.25, 0.3) is 16.8 Å². The van der Waals surface area contributed by atoms with E-state index >= 15 is 0 Å². The number of hydrogen-bond donors (Lipinski definition) is 0. The summed E-state index contributed by atoms with van der Waals surface area (Å²) >= 11 is 1.49. The standard InChI is InChI=1S/C20H17N5OS/c26-20(17-2-1-11-27-17)24-10-7-16(12-24)19-22-18-4-3-15(13-25(18)23-19)14-5-8-21-9-6-14/h1-6,8-9,11,13,16H,7,10,12H2/t16-/m1/s1. The maximum absolute atomic E-state index is 12.5. The summed E-state index contributed by atoms with van der Waals surface area (Å²) in [7, 11) is 0. The van der Waals surface area contributed by atoms with Crippen LogP contribution in [0.5, 0.6) is 0 Å². The molecule has 0 radical (unpaired) electrons. The molecule has 134 valence electrons. The van der Waals surface area contributed by atoms with Crippen molar-refractivity contribution in [2.24, 2.45) is 0 Å². The van der Waals surface area contributed by atoms with Gasteiger partial charge in [0.15, 0.2) is 11.5 Å². The normalized spacial score (nSPS) is 16.9. The van der Waals surface area contributed by atoms with Crippen molar-refractivity contribution in [1.82, 2.24) is 24.5 Å². The summed E-state index contributed by atoms with van der Waals surface area (Å²) in [5.41, 5.74) is 2.99. The van der Waals surface area contributed by atoms with Gasteiger partial charge in [-0.2, -0.15) is 5.10 Å². The molecule has 0 aliphatic carbocycles. The van der Waals surface area contributed by atoms with Crippen molar-refractivity contribution in [3.8, 4) is 11.1 Å². The second-order valence-electron chi connectivity index (χ2n) is 6.64. The SMILES string of the molecule is O=C(c1cccs1)N1CC[C@@H](c2nc3ccc(-c4ccncc4)cn3n2)C1. The van der Waals surface area contributed by atoms with Gasteiger partial charge < -0.3 is 4.90 Å². The maximum Gasteiger partial charge on any atom is 0.263 e. The first-order chi connectivity index (χ1) is 13.3. The predicted octanol–water partition coefficient (Wildman–Crippen LogP) is 3.48. The first-order valence-corrected chi connectivity index (χ1v) is 9.75. The van der Waals surface area contributed by atoms with Crippen molar-refractivity contribution in [2.75, 3.05) is 13.1 Å². The van der Waals surface area contributed by atoms with Crippen LogP contribution >= 0.6 is 11.3 Å².